The number of hydrogen-bond donors (Lipinski definition) is 2. The van der Waals surface area contributed by atoms with Crippen LogP contribution in [0.3, 0.4) is 0 Å². The summed E-state index contributed by atoms with van der Waals surface area (Å²) < 4.78 is 0. The minimum Gasteiger partial charge on any atom is -0.508 e. The molecule has 0 saturated heterocycles. The topological polar surface area (TPSA) is 58.6 Å². The Morgan fingerprint density at radius 3 is 2.62 bits per heavy atom. The van der Waals surface area contributed by atoms with E-state index < -0.39 is 0 Å². The number of alkyl halides is 1. The lowest BCUT2D eigenvalue weighted by Crippen LogP contribution is -2.12. The molecule has 1 aromatic carbocycles. The minimum atomic E-state index is 0.206. The Labute approximate surface area is 101 Å². The summed E-state index contributed by atoms with van der Waals surface area (Å²) in [5.74, 6) is 1.13. The largest absolute Gasteiger partial charge is 0.508 e. The van der Waals surface area contributed by atoms with E-state index in [1.54, 1.807) is 6.07 Å². The van der Waals surface area contributed by atoms with E-state index in [-0.39, 0.29) is 11.8 Å². The third-order valence-electron chi connectivity index (χ3n) is 2.37. The maximum atomic E-state index is 9.77. The molecule has 3 N–H and O–H groups in total. The number of aliphatic imine (C=N–C) groups is 1. The molecule has 0 spiro atoms. The summed E-state index contributed by atoms with van der Waals surface area (Å²) in [4.78, 5) is 4.21. The van der Waals surface area contributed by atoms with Crippen LogP contribution in [0.4, 0.5) is 5.69 Å². The average molecular weight is 241 g/mol. The third-order valence-corrected chi connectivity index (χ3v) is 2.64. The molecule has 0 aromatic heterocycles. The van der Waals surface area contributed by atoms with Gasteiger partial charge in [0.05, 0.1) is 11.6 Å². The van der Waals surface area contributed by atoms with Gasteiger partial charge in [-0.05, 0) is 36.1 Å². The number of nitrogens with two attached hydrogens (primary N) is 1. The summed E-state index contributed by atoms with van der Waals surface area (Å²) in [6.07, 6.45) is 0. The Morgan fingerprint density at radius 1 is 1.50 bits per heavy atom. The summed E-state index contributed by atoms with van der Waals surface area (Å²) in [5.41, 5.74) is 8.11. The highest BCUT2D eigenvalue weighted by molar-refractivity contribution is 6.28. The van der Waals surface area contributed by atoms with Gasteiger partial charge in [0, 0.05) is 0 Å². The van der Waals surface area contributed by atoms with Gasteiger partial charge in [-0.1, -0.05) is 13.8 Å². The maximum absolute atomic E-state index is 9.77. The van der Waals surface area contributed by atoms with E-state index in [0.29, 0.717) is 11.6 Å². The van der Waals surface area contributed by atoms with E-state index in [1.165, 1.54) is 0 Å². The fourth-order valence-electron chi connectivity index (χ4n) is 1.46. The van der Waals surface area contributed by atoms with Crippen molar-refractivity contribution in [3.8, 4) is 5.75 Å². The van der Waals surface area contributed by atoms with Gasteiger partial charge in [0.1, 0.15) is 11.6 Å². The zero-order valence-corrected chi connectivity index (χ0v) is 10.5. The van der Waals surface area contributed by atoms with Crippen molar-refractivity contribution in [1.82, 2.24) is 0 Å². The van der Waals surface area contributed by atoms with E-state index in [2.05, 4.69) is 4.99 Å². The predicted molar refractivity (Wildman–Crippen MR) is 68.9 cm³/mol. The van der Waals surface area contributed by atoms with Crippen LogP contribution in [-0.4, -0.2) is 16.8 Å². The number of phenolic OH excluding ortho intramolecular Hbond substituents is 1. The number of nitrogens with zero attached hydrogens (tertiary/aromatic N) is 1. The second-order valence-corrected chi connectivity index (χ2v) is 4.36. The van der Waals surface area contributed by atoms with Crippen LogP contribution >= 0.6 is 11.6 Å². The monoisotopic (exact) mass is 240 g/mol. The molecule has 0 bridgehead atoms. The number of halogens is 1. The molecule has 88 valence electrons. The standard InChI is InChI=1S/C12H17ClN2O/c1-7(2)9-5-10(15-12(14)6-13)8(3)4-11(9)16/h4-5,7,16H,6H2,1-3H3,(H2,14,15). The highest BCUT2D eigenvalue weighted by Crippen LogP contribution is 2.32. The van der Waals surface area contributed by atoms with E-state index in [9.17, 15) is 5.11 Å². The zero-order chi connectivity index (χ0) is 12.3. The number of amidine groups is 1. The van der Waals surface area contributed by atoms with E-state index in [0.717, 1.165) is 16.8 Å². The third kappa shape index (κ3) is 2.89. The first kappa shape index (κ1) is 12.8. The predicted octanol–water partition coefficient (Wildman–Crippen LogP) is 3.05. The van der Waals surface area contributed by atoms with Crippen LogP contribution in [-0.2, 0) is 0 Å². The number of rotatable bonds is 3. The van der Waals surface area contributed by atoms with Crippen molar-refractivity contribution in [1.29, 1.82) is 0 Å². The van der Waals surface area contributed by atoms with Gasteiger partial charge in [-0.2, -0.15) is 0 Å². The average Bonchev–Trinajstić information content (AvgIpc) is 2.21. The summed E-state index contributed by atoms with van der Waals surface area (Å²) in [6, 6.07) is 3.56. The molecule has 0 aliphatic carbocycles. The Kier molecular flexibility index (Phi) is 4.19. The molecule has 0 atom stereocenters. The smallest absolute Gasteiger partial charge is 0.119 e. The highest BCUT2D eigenvalue weighted by Gasteiger charge is 2.09. The first-order chi connectivity index (χ1) is 7.45. The van der Waals surface area contributed by atoms with Crippen molar-refractivity contribution in [3.05, 3.63) is 23.3 Å². The lowest BCUT2D eigenvalue weighted by molar-refractivity contribution is 0.464. The summed E-state index contributed by atoms with van der Waals surface area (Å²) >= 11 is 5.58. The Balaban J connectivity index is 3.25. The van der Waals surface area contributed by atoms with Crippen LogP contribution < -0.4 is 5.73 Å². The fraction of sp³-hybridized carbons (Fsp3) is 0.417. The van der Waals surface area contributed by atoms with E-state index >= 15 is 0 Å². The van der Waals surface area contributed by atoms with Crippen molar-refractivity contribution in [2.24, 2.45) is 10.7 Å². The van der Waals surface area contributed by atoms with Gasteiger partial charge in [-0.3, -0.25) is 0 Å². The Bertz CT molecular complexity index is 414. The molecule has 1 aromatic rings. The van der Waals surface area contributed by atoms with E-state index in [1.807, 2.05) is 26.8 Å². The lowest BCUT2D eigenvalue weighted by atomic mass is 9.99. The van der Waals surface area contributed by atoms with E-state index in [4.69, 9.17) is 17.3 Å². The molecular formula is C12H17ClN2O. The number of phenols is 1. The van der Waals surface area contributed by atoms with Crippen molar-refractivity contribution in [3.63, 3.8) is 0 Å². The molecule has 0 saturated carbocycles. The summed E-state index contributed by atoms with van der Waals surface area (Å²) in [7, 11) is 0. The molecule has 0 unspecified atom stereocenters. The van der Waals surface area contributed by atoms with Gasteiger partial charge < -0.3 is 10.8 Å². The second kappa shape index (κ2) is 5.21. The van der Waals surface area contributed by atoms with Crippen molar-refractivity contribution >= 4 is 23.1 Å². The first-order valence-corrected chi connectivity index (χ1v) is 5.71. The van der Waals surface area contributed by atoms with Crippen molar-refractivity contribution in [2.75, 3.05) is 5.88 Å². The van der Waals surface area contributed by atoms with Gasteiger partial charge in [-0.15, -0.1) is 11.6 Å². The quantitative estimate of drug-likeness (QED) is 0.485. The molecule has 4 heteroatoms. The molecule has 16 heavy (non-hydrogen) atoms. The van der Waals surface area contributed by atoms with Crippen LogP contribution in [0, 0.1) is 6.92 Å². The van der Waals surface area contributed by atoms with Gasteiger partial charge in [-0.25, -0.2) is 4.99 Å². The first-order valence-electron chi connectivity index (χ1n) is 5.18. The number of aryl methyl sites for hydroxylation is 1. The van der Waals surface area contributed by atoms with Gasteiger partial charge >= 0.3 is 0 Å². The Morgan fingerprint density at radius 2 is 2.12 bits per heavy atom. The number of benzene rings is 1. The van der Waals surface area contributed by atoms with Crippen LogP contribution in [0.15, 0.2) is 17.1 Å². The molecule has 3 nitrogen and oxygen atoms in total. The van der Waals surface area contributed by atoms with Gasteiger partial charge in [0.15, 0.2) is 0 Å². The SMILES string of the molecule is Cc1cc(O)c(C(C)C)cc1N=C(N)CCl. The van der Waals surface area contributed by atoms with Crippen LogP contribution in [0.2, 0.25) is 0 Å². The number of hydrogen-bond acceptors (Lipinski definition) is 2. The molecule has 0 heterocycles. The van der Waals surface area contributed by atoms with Gasteiger partial charge in [0.2, 0.25) is 0 Å². The molecule has 0 aliphatic rings. The van der Waals surface area contributed by atoms with Crippen molar-refractivity contribution < 1.29 is 5.11 Å². The fourth-order valence-corrected chi connectivity index (χ4v) is 1.52. The van der Waals surface area contributed by atoms with Crippen LogP contribution in [0.5, 0.6) is 5.75 Å². The second-order valence-electron chi connectivity index (χ2n) is 4.09. The minimum absolute atomic E-state index is 0.206. The Hall–Kier alpha value is -1.22. The highest BCUT2D eigenvalue weighted by atomic mass is 35.5. The molecule has 0 radical (unpaired) electrons. The zero-order valence-electron chi connectivity index (χ0n) is 9.79. The summed E-state index contributed by atoms with van der Waals surface area (Å²) in [5, 5.41) is 9.77. The molecule has 0 aliphatic heterocycles. The molecule has 0 fully saturated rings. The summed E-state index contributed by atoms with van der Waals surface area (Å²) in [6.45, 7) is 5.91. The van der Waals surface area contributed by atoms with Crippen LogP contribution in [0.1, 0.15) is 30.9 Å². The van der Waals surface area contributed by atoms with Gasteiger partial charge in [0.25, 0.3) is 0 Å². The molecule has 0 amide bonds. The van der Waals surface area contributed by atoms with Crippen molar-refractivity contribution in [2.45, 2.75) is 26.7 Å². The maximum Gasteiger partial charge on any atom is 0.119 e. The number of aromatic hydroxyl groups is 1. The van der Waals surface area contributed by atoms with Crippen LogP contribution in [0.25, 0.3) is 0 Å². The molecule has 1 rings (SSSR count). The molecular weight excluding hydrogens is 224 g/mol. The lowest BCUT2D eigenvalue weighted by Gasteiger charge is -2.11. The normalized spacial score (nSPS) is 12.2.